The second-order valence-corrected chi connectivity index (χ2v) is 6.55. The fourth-order valence-corrected chi connectivity index (χ4v) is 2.69. The quantitative estimate of drug-likeness (QED) is 0.855. The van der Waals surface area contributed by atoms with Gasteiger partial charge in [0.2, 0.25) is 0 Å². The summed E-state index contributed by atoms with van der Waals surface area (Å²) in [5, 5.41) is 10.2. The molecule has 1 N–H and O–H groups in total. The highest BCUT2D eigenvalue weighted by atomic mass is 32.1. The molecular weight excluding hydrogens is 256 g/mol. The van der Waals surface area contributed by atoms with Gasteiger partial charge < -0.3 is 5.32 Å². The first-order chi connectivity index (χ1) is 8.97. The van der Waals surface area contributed by atoms with Gasteiger partial charge in [-0.05, 0) is 0 Å². The lowest BCUT2D eigenvalue weighted by molar-refractivity contribution is 0.543. The van der Waals surface area contributed by atoms with Crippen LogP contribution in [0, 0.1) is 0 Å². The zero-order valence-electron chi connectivity index (χ0n) is 12.1. The molecule has 0 bridgehead atoms. The summed E-state index contributed by atoms with van der Waals surface area (Å²) in [7, 11) is 1.98. The highest BCUT2D eigenvalue weighted by molar-refractivity contribution is 7.07. The van der Waals surface area contributed by atoms with Crippen LogP contribution in [0.2, 0.25) is 0 Å². The third-order valence-corrected chi connectivity index (χ3v) is 3.61. The number of nitrogens with one attached hydrogen (secondary N) is 1. The van der Waals surface area contributed by atoms with Gasteiger partial charge >= 0.3 is 0 Å². The maximum Gasteiger partial charge on any atom is 0.0794 e. The number of thiazole rings is 1. The van der Waals surface area contributed by atoms with Crippen LogP contribution in [-0.4, -0.2) is 21.3 Å². The molecule has 2 heterocycles. The minimum Gasteiger partial charge on any atom is -0.312 e. The summed E-state index contributed by atoms with van der Waals surface area (Å²) in [4.78, 5) is 4.28. The Balaban J connectivity index is 1.89. The van der Waals surface area contributed by atoms with E-state index in [0.29, 0.717) is 0 Å². The molecule has 0 unspecified atom stereocenters. The van der Waals surface area contributed by atoms with E-state index in [4.69, 9.17) is 0 Å². The van der Waals surface area contributed by atoms with Crippen LogP contribution in [-0.2, 0) is 25.4 Å². The van der Waals surface area contributed by atoms with Crippen molar-refractivity contribution in [2.24, 2.45) is 7.05 Å². The third kappa shape index (κ3) is 3.88. The number of hydrogen-bond donors (Lipinski definition) is 1. The SMILES string of the molecule is Cn1cc(CNCCc2cscn2)c(C(C)(C)C)n1. The fraction of sp³-hybridized carbons (Fsp3) is 0.571. The van der Waals surface area contributed by atoms with Crippen molar-refractivity contribution in [1.82, 2.24) is 20.1 Å². The van der Waals surface area contributed by atoms with Crippen molar-refractivity contribution in [2.45, 2.75) is 39.2 Å². The first kappa shape index (κ1) is 14.2. The Morgan fingerprint density at radius 2 is 2.16 bits per heavy atom. The molecule has 0 radical (unpaired) electrons. The van der Waals surface area contributed by atoms with E-state index in [1.165, 1.54) is 17.0 Å². The molecule has 2 aromatic heterocycles. The highest BCUT2D eigenvalue weighted by Gasteiger charge is 2.21. The molecule has 0 amide bonds. The second-order valence-electron chi connectivity index (χ2n) is 5.83. The Morgan fingerprint density at radius 1 is 1.37 bits per heavy atom. The number of aromatic nitrogens is 3. The van der Waals surface area contributed by atoms with Gasteiger partial charge in [0, 0.05) is 49.1 Å². The molecule has 0 aliphatic carbocycles. The van der Waals surface area contributed by atoms with Crippen molar-refractivity contribution in [3.05, 3.63) is 34.0 Å². The topological polar surface area (TPSA) is 42.7 Å². The van der Waals surface area contributed by atoms with Gasteiger partial charge in [-0.25, -0.2) is 4.98 Å². The van der Waals surface area contributed by atoms with Crippen molar-refractivity contribution < 1.29 is 0 Å². The predicted molar refractivity (Wildman–Crippen MR) is 79.4 cm³/mol. The molecule has 0 saturated carbocycles. The largest absolute Gasteiger partial charge is 0.312 e. The molecule has 5 heteroatoms. The van der Waals surface area contributed by atoms with E-state index in [0.717, 1.165) is 19.5 Å². The van der Waals surface area contributed by atoms with E-state index < -0.39 is 0 Å². The summed E-state index contributed by atoms with van der Waals surface area (Å²) in [5.41, 5.74) is 5.60. The number of aryl methyl sites for hydroxylation is 1. The van der Waals surface area contributed by atoms with Gasteiger partial charge in [0.05, 0.1) is 16.9 Å². The Kier molecular flexibility index (Phi) is 4.37. The maximum absolute atomic E-state index is 4.58. The van der Waals surface area contributed by atoms with Crippen LogP contribution in [0.4, 0.5) is 0 Å². The zero-order chi connectivity index (χ0) is 13.9. The van der Waals surface area contributed by atoms with Gasteiger partial charge in [0.25, 0.3) is 0 Å². The fourth-order valence-electron chi connectivity index (χ4n) is 2.10. The van der Waals surface area contributed by atoms with Crippen LogP contribution in [0.25, 0.3) is 0 Å². The van der Waals surface area contributed by atoms with Gasteiger partial charge in [-0.15, -0.1) is 11.3 Å². The number of rotatable bonds is 5. The highest BCUT2D eigenvalue weighted by Crippen LogP contribution is 2.23. The van der Waals surface area contributed by atoms with Crippen molar-refractivity contribution >= 4 is 11.3 Å². The van der Waals surface area contributed by atoms with Crippen molar-refractivity contribution in [2.75, 3.05) is 6.54 Å². The summed E-state index contributed by atoms with van der Waals surface area (Å²) in [5.74, 6) is 0. The molecule has 0 spiro atoms. The monoisotopic (exact) mass is 278 g/mol. The molecule has 0 aliphatic heterocycles. The van der Waals surface area contributed by atoms with Crippen LogP contribution in [0.5, 0.6) is 0 Å². The van der Waals surface area contributed by atoms with Crippen LogP contribution >= 0.6 is 11.3 Å². The minimum absolute atomic E-state index is 0.0905. The average molecular weight is 278 g/mol. The van der Waals surface area contributed by atoms with E-state index in [1.807, 2.05) is 17.2 Å². The van der Waals surface area contributed by atoms with Gasteiger partial charge in [-0.1, -0.05) is 20.8 Å². The summed E-state index contributed by atoms with van der Waals surface area (Å²) in [6.45, 7) is 8.42. The summed E-state index contributed by atoms with van der Waals surface area (Å²) >= 11 is 1.65. The lowest BCUT2D eigenvalue weighted by Gasteiger charge is -2.17. The third-order valence-electron chi connectivity index (χ3n) is 2.97. The van der Waals surface area contributed by atoms with E-state index in [9.17, 15) is 0 Å². The zero-order valence-corrected chi connectivity index (χ0v) is 12.9. The lowest BCUT2D eigenvalue weighted by atomic mass is 9.89. The second kappa shape index (κ2) is 5.84. The standard InChI is InChI=1S/C14H22N4S/c1-14(2,3)13-11(8-18(4)17-13)7-15-6-5-12-9-19-10-16-12/h8-10,15H,5-7H2,1-4H3. The summed E-state index contributed by atoms with van der Waals surface area (Å²) < 4.78 is 1.90. The van der Waals surface area contributed by atoms with E-state index in [2.05, 4.69) is 47.7 Å². The molecule has 0 fully saturated rings. The minimum atomic E-state index is 0.0905. The first-order valence-corrected chi connectivity index (χ1v) is 7.52. The molecular formula is C14H22N4S. The van der Waals surface area contributed by atoms with Gasteiger partial charge in [-0.3, -0.25) is 4.68 Å². The van der Waals surface area contributed by atoms with E-state index in [1.54, 1.807) is 11.3 Å². The van der Waals surface area contributed by atoms with Crippen LogP contribution in [0.3, 0.4) is 0 Å². The molecule has 2 aromatic rings. The summed E-state index contributed by atoms with van der Waals surface area (Å²) in [6.07, 6.45) is 3.09. The van der Waals surface area contributed by atoms with E-state index >= 15 is 0 Å². The molecule has 2 rings (SSSR count). The molecule has 0 saturated heterocycles. The predicted octanol–water partition coefficient (Wildman–Crippen LogP) is 2.51. The van der Waals surface area contributed by atoms with Gasteiger partial charge in [-0.2, -0.15) is 5.10 Å². The van der Waals surface area contributed by atoms with Crippen LogP contribution in [0.15, 0.2) is 17.1 Å². The first-order valence-electron chi connectivity index (χ1n) is 6.57. The lowest BCUT2D eigenvalue weighted by Crippen LogP contribution is -2.20. The molecule has 4 nitrogen and oxygen atoms in total. The molecule has 0 aromatic carbocycles. The van der Waals surface area contributed by atoms with Gasteiger partial charge in [0.15, 0.2) is 0 Å². The maximum atomic E-state index is 4.58. The Morgan fingerprint density at radius 3 is 2.79 bits per heavy atom. The average Bonchev–Trinajstić information content (AvgIpc) is 2.93. The molecule has 19 heavy (non-hydrogen) atoms. The molecule has 0 atom stereocenters. The van der Waals surface area contributed by atoms with Crippen LogP contribution in [0.1, 0.15) is 37.7 Å². The van der Waals surface area contributed by atoms with Crippen molar-refractivity contribution in [3.63, 3.8) is 0 Å². The number of hydrogen-bond acceptors (Lipinski definition) is 4. The van der Waals surface area contributed by atoms with E-state index in [-0.39, 0.29) is 5.41 Å². The van der Waals surface area contributed by atoms with Gasteiger partial charge in [0.1, 0.15) is 0 Å². The van der Waals surface area contributed by atoms with Crippen molar-refractivity contribution in [1.29, 1.82) is 0 Å². The Hall–Kier alpha value is -1.20. The smallest absolute Gasteiger partial charge is 0.0794 e. The Labute approximate surface area is 118 Å². The number of nitrogens with zero attached hydrogens (tertiary/aromatic N) is 3. The molecule has 0 aliphatic rings. The summed E-state index contributed by atoms with van der Waals surface area (Å²) in [6, 6.07) is 0. The van der Waals surface area contributed by atoms with Crippen LogP contribution < -0.4 is 5.32 Å². The Bertz CT molecular complexity index is 508. The normalized spacial score (nSPS) is 12.0. The van der Waals surface area contributed by atoms with Crippen molar-refractivity contribution in [3.8, 4) is 0 Å². The molecule has 104 valence electrons.